The molecule has 0 bridgehead atoms. The summed E-state index contributed by atoms with van der Waals surface area (Å²) in [5.74, 6) is 1.38. The standard InChI is InChI=1S/C15H10Br2ClN3/c1-19-14-11-6-8(16)3-5-13(11)20-15(21-14)10-4-2-9(17)7-12(10)18/h2-7H,1H3,(H,19,20,21). The number of benzene rings is 2. The van der Waals surface area contributed by atoms with Gasteiger partial charge in [-0.3, -0.25) is 0 Å². The van der Waals surface area contributed by atoms with Gasteiger partial charge in [-0.1, -0.05) is 43.5 Å². The highest BCUT2D eigenvalue weighted by molar-refractivity contribution is 9.10. The van der Waals surface area contributed by atoms with Gasteiger partial charge in [-0.2, -0.15) is 0 Å². The highest BCUT2D eigenvalue weighted by Gasteiger charge is 2.12. The van der Waals surface area contributed by atoms with Crippen LogP contribution < -0.4 is 5.32 Å². The normalized spacial score (nSPS) is 10.9. The molecule has 21 heavy (non-hydrogen) atoms. The molecule has 0 saturated carbocycles. The van der Waals surface area contributed by atoms with Crippen molar-refractivity contribution in [2.75, 3.05) is 12.4 Å². The van der Waals surface area contributed by atoms with Crippen LogP contribution in [-0.2, 0) is 0 Å². The third kappa shape index (κ3) is 2.91. The average molecular weight is 428 g/mol. The molecule has 1 heterocycles. The number of fused-ring (bicyclic) bond motifs is 1. The van der Waals surface area contributed by atoms with Gasteiger partial charge in [0, 0.05) is 26.9 Å². The molecule has 1 N–H and O–H groups in total. The zero-order valence-electron chi connectivity index (χ0n) is 11.0. The molecule has 0 aliphatic carbocycles. The van der Waals surface area contributed by atoms with E-state index in [1.54, 1.807) is 0 Å². The van der Waals surface area contributed by atoms with Crippen molar-refractivity contribution in [3.63, 3.8) is 0 Å². The molecule has 0 aliphatic heterocycles. The van der Waals surface area contributed by atoms with Crippen molar-refractivity contribution in [2.45, 2.75) is 0 Å². The molecule has 106 valence electrons. The zero-order chi connectivity index (χ0) is 15.0. The first-order chi connectivity index (χ1) is 10.1. The molecule has 0 fully saturated rings. The Hall–Kier alpha value is -1.17. The largest absolute Gasteiger partial charge is 0.373 e. The van der Waals surface area contributed by atoms with Crippen LogP contribution in [-0.4, -0.2) is 17.0 Å². The second-order valence-electron chi connectivity index (χ2n) is 4.43. The fourth-order valence-corrected chi connectivity index (χ4v) is 3.20. The van der Waals surface area contributed by atoms with Crippen LogP contribution in [0.1, 0.15) is 0 Å². The van der Waals surface area contributed by atoms with E-state index < -0.39 is 0 Å². The molecule has 0 aliphatic rings. The molecule has 3 rings (SSSR count). The predicted molar refractivity (Wildman–Crippen MR) is 94.9 cm³/mol. The summed E-state index contributed by atoms with van der Waals surface area (Å²) in [6.07, 6.45) is 0. The van der Waals surface area contributed by atoms with Crippen LogP contribution in [0.15, 0.2) is 45.3 Å². The lowest BCUT2D eigenvalue weighted by atomic mass is 10.2. The topological polar surface area (TPSA) is 37.8 Å². The number of nitrogens with one attached hydrogen (secondary N) is 1. The molecular formula is C15H10Br2ClN3. The Morgan fingerprint density at radius 2 is 1.71 bits per heavy atom. The number of aromatic nitrogens is 2. The summed E-state index contributed by atoms with van der Waals surface area (Å²) in [5, 5.41) is 4.69. The van der Waals surface area contributed by atoms with Gasteiger partial charge < -0.3 is 5.32 Å². The van der Waals surface area contributed by atoms with Crippen LogP contribution in [0.4, 0.5) is 5.82 Å². The van der Waals surface area contributed by atoms with Gasteiger partial charge in [0.05, 0.1) is 10.5 Å². The van der Waals surface area contributed by atoms with Gasteiger partial charge in [-0.05, 0) is 36.4 Å². The minimum absolute atomic E-state index is 0.603. The molecule has 1 aromatic heterocycles. The molecule has 0 atom stereocenters. The molecule has 2 aromatic carbocycles. The van der Waals surface area contributed by atoms with Gasteiger partial charge in [0.2, 0.25) is 0 Å². The molecule has 0 radical (unpaired) electrons. The van der Waals surface area contributed by atoms with Gasteiger partial charge in [-0.15, -0.1) is 0 Å². The summed E-state index contributed by atoms with van der Waals surface area (Å²) in [6, 6.07) is 11.6. The maximum atomic E-state index is 6.30. The smallest absolute Gasteiger partial charge is 0.163 e. The number of nitrogens with zero attached hydrogens (tertiary/aromatic N) is 2. The molecule has 0 unspecified atom stereocenters. The van der Waals surface area contributed by atoms with Gasteiger partial charge >= 0.3 is 0 Å². The fourth-order valence-electron chi connectivity index (χ4n) is 2.08. The zero-order valence-corrected chi connectivity index (χ0v) is 14.9. The van der Waals surface area contributed by atoms with Crippen molar-refractivity contribution in [1.29, 1.82) is 0 Å². The number of rotatable bonds is 2. The summed E-state index contributed by atoms with van der Waals surface area (Å²) in [5.41, 5.74) is 1.67. The highest BCUT2D eigenvalue weighted by Crippen LogP contribution is 2.32. The molecule has 0 spiro atoms. The van der Waals surface area contributed by atoms with Gasteiger partial charge in [-0.25, -0.2) is 9.97 Å². The van der Waals surface area contributed by atoms with Gasteiger partial charge in [0.25, 0.3) is 0 Å². The van der Waals surface area contributed by atoms with E-state index in [1.807, 2.05) is 43.4 Å². The Balaban J connectivity index is 2.26. The summed E-state index contributed by atoms with van der Waals surface area (Å²) in [7, 11) is 1.84. The lowest BCUT2D eigenvalue weighted by Gasteiger charge is -2.10. The quantitative estimate of drug-likeness (QED) is 0.585. The Morgan fingerprint density at radius 1 is 1.00 bits per heavy atom. The van der Waals surface area contributed by atoms with Crippen LogP contribution in [0.2, 0.25) is 5.02 Å². The minimum Gasteiger partial charge on any atom is -0.373 e. The van der Waals surface area contributed by atoms with Crippen LogP contribution in [0.25, 0.3) is 22.3 Å². The number of hydrogen-bond acceptors (Lipinski definition) is 3. The summed E-state index contributed by atoms with van der Waals surface area (Å²) < 4.78 is 1.92. The van der Waals surface area contributed by atoms with E-state index in [0.29, 0.717) is 10.8 Å². The Bertz CT molecular complexity index is 837. The number of halogens is 3. The van der Waals surface area contributed by atoms with Gasteiger partial charge in [0.1, 0.15) is 5.82 Å². The fraction of sp³-hybridized carbons (Fsp3) is 0.0667. The second kappa shape index (κ2) is 5.91. The van der Waals surface area contributed by atoms with Crippen LogP contribution in [0.3, 0.4) is 0 Å². The van der Waals surface area contributed by atoms with E-state index in [2.05, 4.69) is 47.1 Å². The van der Waals surface area contributed by atoms with Crippen molar-refractivity contribution in [2.24, 2.45) is 0 Å². The Morgan fingerprint density at radius 3 is 2.43 bits per heavy atom. The highest BCUT2D eigenvalue weighted by atomic mass is 79.9. The van der Waals surface area contributed by atoms with E-state index in [0.717, 1.165) is 31.2 Å². The van der Waals surface area contributed by atoms with Crippen molar-refractivity contribution in [3.8, 4) is 11.4 Å². The minimum atomic E-state index is 0.603. The van der Waals surface area contributed by atoms with Crippen molar-refractivity contribution in [1.82, 2.24) is 9.97 Å². The second-order valence-corrected chi connectivity index (χ2v) is 6.67. The monoisotopic (exact) mass is 425 g/mol. The lowest BCUT2D eigenvalue weighted by Crippen LogP contribution is -1.99. The van der Waals surface area contributed by atoms with Crippen molar-refractivity contribution >= 4 is 60.2 Å². The molecule has 6 heteroatoms. The molecule has 0 saturated heterocycles. The third-order valence-electron chi connectivity index (χ3n) is 3.07. The van der Waals surface area contributed by atoms with Crippen molar-refractivity contribution in [3.05, 3.63) is 50.4 Å². The van der Waals surface area contributed by atoms with Crippen LogP contribution >= 0.6 is 43.5 Å². The first-order valence-electron chi connectivity index (χ1n) is 6.19. The van der Waals surface area contributed by atoms with Crippen LogP contribution in [0, 0.1) is 0 Å². The van der Waals surface area contributed by atoms with E-state index in [1.165, 1.54) is 0 Å². The summed E-state index contributed by atoms with van der Waals surface area (Å²) in [6.45, 7) is 0. The molecule has 3 nitrogen and oxygen atoms in total. The molecule has 0 amide bonds. The first-order valence-corrected chi connectivity index (χ1v) is 8.15. The van der Waals surface area contributed by atoms with E-state index in [9.17, 15) is 0 Å². The molecule has 3 aromatic rings. The maximum Gasteiger partial charge on any atom is 0.163 e. The van der Waals surface area contributed by atoms with Gasteiger partial charge in [0.15, 0.2) is 5.82 Å². The first kappa shape index (κ1) is 14.8. The average Bonchev–Trinajstić information content (AvgIpc) is 2.46. The maximum absolute atomic E-state index is 6.30. The molecular weight excluding hydrogens is 417 g/mol. The third-order valence-corrected chi connectivity index (χ3v) is 4.37. The predicted octanol–water partition coefficient (Wildman–Crippen LogP) is 5.52. The van der Waals surface area contributed by atoms with E-state index >= 15 is 0 Å². The SMILES string of the molecule is CNc1nc(-c2ccc(Br)cc2Cl)nc2ccc(Br)cc12. The number of anilines is 1. The Kier molecular flexibility index (Phi) is 4.15. The summed E-state index contributed by atoms with van der Waals surface area (Å²) in [4.78, 5) is 9.19. The van der Waals surface area contributed by atoms with Crippen molar-refractivity contribution < 1.29 is 0 Å². The Labute approximate surface area is 144 Å². The lowest BCUT2D eigenvalue weighted by molar-refractivity contribution is 1.21. The van der Waals surface area contributed by atoms with E-state index in [4.69, 9.17) is 11.6 Å². The number of hydrogen-bond donors (Lipinski definition) is 1. The summed E-state index contributed by atoms with van der Waals surface area (Å²) >= 11 is 13.2. The van der Waals surface area contributed by atoms with E-state index in [-0.39, 0.29) is 0 Å². The van der Waals surface area contributed by atoms with Crippen LogP contribution in [0.5, 0.6) is 0 Å².